The smallest absolute Gasteiger partial charge is 0.328 e. The number of carboxylic acid groups (broad SMARTS) is 3. The normalized spacial score (nSPS) is 26.6. The van der Waals surface area contributed by atoms with Crippen LogP contribution in [0, 0.1) is 0 Å². The highest BCUT2D eigenvalue weighted by Crippen LogP contribution is 2.26. The van der Waals surface area contributed by atoms with Crippen molar-refractivity contribution in [2.24, 2.45) is 5.73 Å². The molecule has 0 aromatic rings. The number of nitrogens with zero attached hydrogens (tertiary/aromatic N) is 1. The molecule has 0 bridgehead atoms. The summed E-state index contributed by atoms with van der Waals surface area (Å²) < 4.78 is 0. The van der Waals surface area contributed by atoms with Crippen molar-refractivity contribution in [2.45, 2.75) is 18.0 Å². The predicted octanol–water partition coefficient (Wildman–Crippen LogP) is -1.91. The summed E-state index contributed by atoms with van der Waals surface area (Å²) in [6, 6.07) is -1.40. The second-order valence-corrected chi connectivity index (χ2v) is 4.16. The third-order valence-electron chi connectivity index (χ3n) is 2.75. The molecule has 2 atom stereocenters. The van der Waals surface area contributed by atoms with E-state index < -0.39 is 48.4 Å². The highest BCUT2D eigenvalue weighted by molar-refractivity contribution is 5.97. The van der Waals surface area contributed by atoms with Crippen molar-refractivity contribution in [1.29, 1.82) is 0 Å². The van der Waals surface area contributed by atoms with Gasteiger partial charge in [-0.15, -0.1) is 0 Å². The lowest BCUT2D eigenvalue weighted by atomic mass is 9.98. The van der Waals surface area contributed by atoms with Crippen LogP contribution in [0.5, 0.6) is 0 Å². The molecule has 1 aliphatic heterocycles. The van der Waals surface area contributed by atoms with Crippen molar-refractivity contribution >= 4 is 23.8 Å². The van der Waals surface area contributed by atoms with Gasteiger partial charge < -0.3 is 26.0 Å². The summed E-state index contributed by atoms with van der Waals surface area (Å²) in [5, 5.41) is 26.2. The zero-order chi connectivity index (χ0) is 14.8. The summed E-state index contributed by atoms with van der Waals surface area (Å²) in [5.41, 5.74) is 3.67. The number of carbonyl (C=O) groups excluding carboxylic acids is 1. The molecule has 5 N–H and O–H groups in total. The largest absolute Gasteiger partial charge is 0.480 e. The van der Waals surface area contributed by atoms with Crippen molar-refractivity contribution in [3.8, 4) is 0 Å². The van der Waals surface area contributed by atoms with E-state index in [0.29, 0.717) is 12.2 Å². The van der Waals surface area contributed by atoms with Crippen molar-refractivity contribution in [3.63, 3.8) is 0 Å². The van der Waals surface area contributed by atoms with E-state index in [9.17, 15) is 19.2 Å². The molecular formula is C10H12N2O7. The number of carboxylic acids is 3. The Hall–Kier alpha value is -2.42. The fourth-order valence-electron chi connectivity index (χ4n) is 1.78. The number of carbonyl (C=O) groups is 4. The van der Waals surface area contributed by atoms with Gasteiger partial charge in [0.1, 0.15) is 11.6 Å². The zero-order valence-electron chi connectivity index (χ0n) is 9.65. The number of amides is 1. The minimum Gasteiger partial charge on any atom is -0.480 e. The highest BCUT2D eigenvalue weighted by Gasteiger charge is 2.50. The number of nitrogens with two attached hydrogens (primary N) is 1. The van der Waals surface area contributed by atoms with Crippen LogP contribution in [-0.2, 0) is 19.2 Å². The van der Waals surface area contributed by atoms with E-state index in [-0.39, 0.29) is 0 Å². The maximum absolute atomic E-state index is 11.6. The number of likely N-dealkylation sites (tertiary alicyclic amines) is 1. The molecule has 1 saturated heterocycles. The van der Waals surface area contributed by atoms with Gasteiger partial charge in [0, 0.05) is 18.6 Å². The molecule has 9 heteroatoms. The first-order valence-electron chi connectivity index (χ1n) is 5.14. The van der Waals surface area contributed by atoms with Gasteiger partial charge >= 0.3 is 17.9 Å². The molecule has 9 nitrogen and oxygen atoms in total. The molecule has 1 rings (SSSR count). The van der Waals surface area contributed by atoms with Crippen LogP contribution >= 0.6 is 0 Å². The van der Waals surface area contributed by atoms with Crippen LogP contribution in [0.3, 0.4) is 0 Å². The maximum atomic E-state index is 11.6. The van der Waals surface area contributed by atoms with Crippen LogP contribution in [0.15, 0.2) is 12.2 Å². The van der Waals surface area contributed by atoms with Gasteiger partial charge in [-0.25, -0.2) is 9.59 Å². The van der Waals surface area contributed by atoms with Crippen molar-refractivity contribution in [2.75, 3.05) is 6.54 Å². The van der Waals surface area contributed by atoms with Gasteiger partial charge in [-0.2, -0.15) is 0 Å². The second kappa shape index (κ2) is 5.06. The fraction of sp³-hybridized carbons (Fsp3) is 0.400. The summed E-state index contributed by atoms with van der Waals surface area (Å²) in [5.74, 6) is -5.11. The van der Waals surface area contributed by atoms with E-state index in [4.69, 9.17) is 21.1 Å². The van der Waals surface area contributed by atoms with Crippen molar-refractivity contribution in [1.82, 2.24) is 4.90 Å². The first-order valence-corrected chi connectivity index (χ1v) is 5.14. The number of aliphatic carboxylic acids is 3. The monoisotopic (exact) mass is 272 g/mol. The van der Waals surface area contributed by atoms with Gasteiger partial charge in [-0.1, -0.05) is 0 Å². The quantitative estimate of drug-likeness (QED) is 0.432. The Morgan fingerprint density at radius 2 is 1.74 bits per heavy atom. The van der Waals surface area contributed by atoms with E-state index in [0.717, 1.165) is 4.90 Å². The molecule has 104 valence electrons. The molecule has 0 radical (unpaired) electrons. The lowest BCUT2D eigenvalue weighted by Crippen LogP contribution is -2.50. The van der Waals surface area contributed by atoms with Crippen molar-refractivity contribution < 1.29 is 34.5 Å². The van der Waals surface area contributed by atoms with Crippen LogP contribution in [0.25, 0.3) is 0 Å². The Bertz CT molecular complexity index is 472. The standard InChI is InChI=1S/C10H12N2O7/c11-10(9(18)19)3-5(8(16)17)12(4-10)6(13)1-2-7(14)15/h1-2,5H,3-4,11H2,(H,14,15)(H,16,17)(H,18,19)/t5-,10+/m1/s1. The molecule has 1 aliphatic rings. The second-order valence-electron chi connectivity index (χ2n) is 4.16. The molecule has 0 spiro atoms. The first kappa shape index (κ1) is 14.6. The first-order chi connectivity index (χ1) is 8.67. The van der Waals surface area contributed by atoms with E-state index in [1.807, 2.05) is 0 Å². The molecule has 1 amide bonds. The molecule has 0 unspecified atom stereocenters. The lowest BCUT2D eigenvalue weighted by molar-refractivity contribution is -0.146. The van der Waals surface area contributed by atoms with Gasteiger partial charge in [-0.05, 0) is 0 Å². The van der Waals surface area contributed by atoms with Crippen LogP contribution < -0.4 is 5.73 Å². The molecule has 0 saturated carbocycles. The lowest BCUT2D eigenvalue weighted by Gasteiger charge is -2.20. The summed E-state index contributed by atoms with van der Waals surface area (Å²) in [6.45, 7) is -0.498. The molecule has 0 aromatic heterocycles. The van der Waals surface area contributed by atoms with Crippen LogP contribution in [0.1, 0.15) is 6.42 Å². The van der Waals surface area contributed by atoms with E-state index in [2.05, 4.69) is 0 Å². The third kappa shape index (κ3) is 3.07. The average Bonchev–Trinajstić information content (AvgIpc) is 2.66. The molecule has 1 heterocycles. The SMILES string of the molecule is N[C@@]1(C(=O)O)C[C@H](C(=O)O)N(C(=O)C=CC(=O)O)C1. The fourth-order valence-corrected chi connectivity index (χ4v) is 1.78. The summed E-state index contributed by atoms with van der Waals surface area (Å²) in [4.78, 5) is 44.6. The summed E-state index contributed by atoms with van der Waals surface area (Å²) in [7, 11) is 0. The van der Waals surface area contributed by atoms with Crippen LogP contribution in [-0.4, -0.2) is 62.2 Å². The Balaban J connectivity index is 2.98. The molecule has 0 aromatic carbocycles. The van der Waals surface area contributed by atoms with Gasteiger partial charge in [0.15, 0.2) is 0 Å². The van der Waals surface area contributed by atoms with Crippen LogP contribution in [0.2, 0.25) is 0 Å². The van der Waals surface area contributed by atoms with Crippen molar-refractivity contribution in [3.05, 3.63) is 12.2 Å². The Labute approximate surface area is 106 Å². The van der Waals surface area contributed by atoms with E-state index >= 15 is 0 Å². The van der Waals surface area contributed by atoms with Gasteiger partial charge in [-0.3, -0.25) is 9.59 Å². The minimum atomic E-state index is -1.85. The molecule has 19 heavy (non-hydrogen) atoms. The van der Waals surface area contributed by atoms with E-state index in [1.165, 1.54) is 0 Å². The Morgan fingerprint density at radius 3 is 2.16 bits per heavy atom. The minimum absolute atomic E-state index is 0.440. The molecule has 0 aliphatic carbocycles. The average molecular weight is 272 g/mol. The molecular weight excluding hydrogens is 260 g/mol. The zero-order valence-corrected chi connectivity index (χ0v) is 9.65. The Kier molecular flexibility index (Phi) is 3.90. The molecule has 1 fully saturated rings. The predicted molar refractivity (Wildman–Crippen MR) is 59.1 cm³/mol. The van der Waals surface area contributed by atoms with Crippen LogP contribution in [0.4, 0.5) is 0 Å². The summed E-state index contributed by atoms with van der Waals surface area (Å²) in [6.07, 6.45) is 0.759. The summed E-state index contributed by atoms with van der Waals surface area (Å²) >= 11 is 0. The third-order valence-corrected chi connectivity index (χ3v) is 2.75. The highest BCUT2D eigenvalue weighted by atomic mass is 16.4. The van der Waals surface area contributed by atoms with Gasteiger partial charge in [0.25, 0.3) is 0 Å². The number of hydrogen-bond acceptors (Lipinski definition) is 5. The maximum Gasteiger partial charge on any atom is 0.328 e. The number of rotatable bonds is 4. The topological polar surface area (TPSA) is 158 Å². The van der Waals surface area contributed by atoms with Gasteiger partial charge in [0.2, 0.25) is 5.91 Å². The Morgan fingerprint density at radius 1 is 1.16 bits per heavy atom. The van der Waals surface area contributed by atoms with Gasteiger partial charge in [0.05, 0.1) is 6.54 Å². The number of hydrogen-bond donors (Lipinski definition) is 4. The van der Waals surface area contributed by atoms with E-state index in [1.54, 1.807) is 0 Å².